The van der Waals surface area contributed by atoms with Crippen LogP contribution in [0.15, 0.2) is 40.8 Å². The summed E-state index contributed by atoms with van der Waals surface area (Å²) in [6, 6.07) is 7.64. The van der Waals surface area contributed by atoms with E-state index >= 15 is 0 Å². The van der Waals surface area contributed by atoms with Gasteiger partial charge in [0.15, 0.2) is 5.58 Å². The minimum atomic E-state index is -0.664. The van der Waals surface area contributed by atoms with Gasteiger partial charge < -0.3 is 19.4 Å². The van der Waals surface area contributed by atoms with Gasteiger partial charge in [0.1, 0.15) is 29.7 Å². The van der Waals surface area contributed by atoms with E-state index in [2.05, 4.69) is 10.3 Å². The first-order valence-electron chi connectivity index (χ1n) is 10.0. The number of oxazole rings is 1. The molecule has 9 heteroatoms. The molecule has 0 unspecified atom stereocenters. The Hall–Kier alpha value is -3.49. The molecule has 1 N–H and O–H groups in total. The molecule has 3 aromatic rings. The van der Waals surface area contributed by atoms with Crippen LogP contribution in [-0.4, -0.2) is 41.6 Å². The predicted octanol–water partition coefficient (Wildman–Crippen LogP) is 4.18. The van der Waals surface area contributed by atoms with E-state index in [4.69, 9.17) is 9.15 Å². The number of urea groups is 1. The molecular weight excluding hydrogens is 408 g/mol. The van der Waals surface area contributed by atoms with Crippen molar-refractivity contribution in [2.24, 2.45) is 0 Å². The van der Waals surface area contributed by atoms with Crippen LogP contribution in [0.2, 0.25) is 0 Å². The van der Waals surface area contributed by atoms with E-state index in [-0.39, 0.29) is 24.8 Å². The molecule has 4 rings (SSSR count). The zero-order chi connectivity index (χ0) is 22.0. The Morgan fingerprint density at radius 2 is 2.10 bits per heavy atom. The quantitative estimate of drug-likeness (QED) is 0.615. The van der Waals surface area contributed by atoms with Gasteiger partial charge in [-0.25, -0.2) is 18.6 Å². The van der Waals surface area contributed by atoms with E-state index in [9.17, 15) is 18.4 Å². The maximum atomic E-state index is 14.1. The van der Waals surface area contributed by atoms with Crippen LogP contribution in [0.4, 0.5) is 13.6 Å². The summed E-state index contributed by atoms with van der Waals surface area (Å²) in [6.45, 7) is 2.23. The molecule has 162 valence electrons. The van der Waals surface area contributed by atoms with Crippen LogP contribution in [-0.2, 0) is 9.53 Å². The molecule has 0 radical (unpaired) electrons. The van der Waals surface area contributed by atoms with E-state index in [1.165, 1.54) is 12.1 Å². The first kappa shape index (κ1) is 20.8. The van der Waals surface area contributed by atoms with Crippen molar-refractivity contribution in [1.82, 2.24) is 15.2 Å². The number of ether oxygens (including phenoxy) is 1. The topological polar surface area (TPSA) is 84.7 Å². The molecule has 0 aliphatic carbocycles. The molecule has 1 aromatic heterocycles. The Morgan fingerprint density at radius 1 is 1.26 bits per heavy atom. The maximum absolute atomic E-state index is 14.1. The molecule has 0 bridgehead atoms. The van der Waals surface area contributed by atoms with Gasteiger partial charge >= 0.3 is 12.0 Å². The number of carbonyl (C=O) groups excluding carboxylic acids is 2. The third-order valence-electron chi connectivity index (χ3n) is 5.13. The highest BCUT2D eigenvalue weighted by atomic mass is 19.1. The van der Waals surface area contributed by atoms with Crippen molar-refractivity contribution >= 4 is 23.1 Å². The maximum Gasteiger partial charge on any atom is 0.325 e. The number of fused-ring (bicyclic) bond motifs is 1. The van der Waals surface area contributed by atoms with Crippen molar-refractivity contribution in [1.29, 1.82) is 0 Å². The van der Waals surface area contributed by atoms with Crippen molar-refractivity contribution in [3.8, 4) is 11.1 Å². The summed E-state index contributed by atoms with van der Waals surface area (Å²) < 4.78 is 38.0. The summed E-state index contributed by atoms with van der Waals surface area (Å²) >= 11 is 0. The van der Waals surface area contributed by atoms with Gasteiger partial charge in [-0.3, -0.25) is 4.79 Å². The summed E-state index contributed by atoms with van der Waals surface area (Å²) in [5.74, 6) is -1.44. The fourth-order valence-corrected chi connectivity index (χ4v) is 3.71. The van der Waals surface area contributed by atoms with Crippen molar-refractivity contribution < 1.29 is 27.5 Å². The summed E-state index contributed by atoms with van der Waals surface area (Å²) in [6.07, 6.45) is 1.43. The largest absolute Gasteiger partial charge is 0.465 e. The van der Waals surface area contributed by atoms with Gasteiger partial charge in [0.2, 0.25) is 5.89 Å². The lowest BCUT2D eigenvalue weighted by molar-refractivity contribution is -0.141. The molecule has 0 saturated carbocycles. The van der Waals surface area contributed by atoms with Crippen molar-refractivity contribution in [3.63, 3.8) is 0 Å². The molecular formula is C22H21F2N3O4. The Balaban J connectivity index is 1.55. The SMILES string of the molecule is CCOC(=O)CNC(=O)N1CCC[C@H]1c1nc2cc(-c3ccc(F)cc3F)ccc2o1. The van der Waals surface area contributed by atoms with Crippen LogP contribution < -0.4 is 5.32 Å². The van der Waals surface area contributed by atoms with Crippen molar-refractivity contribution in [2.45, 2.75) is 25.8 Å². The molecule has 1 fully saturated rings. The van der Waals surface area contributed by atoms with Gasteiger partial charge in [-0.1, -0.05) is 6.07 Å². The number of halogens is 2. The average molecular weight is 429 g/mol. The Bertz CT molecular complexity index is 1130. The van der Waals surface area contributed by atoms with Crippen LogP contribution in [0.5, 0.6) is 0 Å². The van der Waals surface area contributed by atoms with Gasteiger partial charge in [0, 0.05) is 18.2 Å². The molecule has 2 heterocycles. The standard InChI is InChI=1S/C22H21F2N3O4/c1-2-30-20(28)12-25-22(29)27-9-3-4-18(27)21-26-17-10-13(5-8-19(17)31-21)15-7-6-14(23)11-16(15)24/h5-8,10-11,18H,2-4,9,12H2,1H3,(H,25,29)/t18-/m0/s1. The zero-order valence-corrected chi connectivity index (χ0v) is 16.9. The van der Waals surface area contributed by atoms with Gasteiger partial charge in [0.25, 0.3) is 0 Å². The van der Waals surface area contributed by atoms with Crippen molar-refractivity contribution in [3.05, 3.63) is 53.9 Å². The van der Waals surface area contributed by atoms with Gasteiger partial charge in [-0.15, -0.1) is 0 Å². The predicted molar refractivity (Wildman–Crippen MR) is 108 cm³/mol. The van der Waals surface area contributed by atoms with Crippen LogP contribution in [0, 0.1) is 11.6 Å². The van der Waals surface area contributed by atoms with E-state index in [0.717, 1.165) is 12.5 Å². The monoisotopic (exact) mass is 429 g/mol. The second kappa shape index (κ2) is 8.71. The van der Waals surface area contributed by atoms with E-state index in [0.29, 0.717) is 35.5 Å². The number of nitrogens with zero attached hydrogens (tertiary/aromatic N) is 2. The van der Waals surface area contributed by atoms with Gasteiger partial charge in [-0.2, -0.15) is 0 Å². The minimum Gasteiger partial charge on any atom is -0.465 e. The van der Waals surface area contributed by atoms with Crippen LogP contribution >= 0.6 is 0 Å². The van der Waals surface area contributed by atoms with Crippen molar-refractivity contribution in [2.75, 3.05) is 19.7 Å². The average Bonchev–Trinajstić information content (AvgIpc) is 3.38. The van der Waals surface area contributed by atoms with E-state index in [1.54, 1.807) is 30.0 Å². The Morgan fingerprint density at radius 3 is 2.87 bits per heavy atom. The van der Waals surface area contributed by atoms with Gasteiger partial charge in [0.05, 0.1) is 6.61 Å². The number of aromatic nitrogens is 1. The number of nitrogens with one attached hydrogen (secondary N) is 1. The summed E-state index contributed by atoms with van der Waals surface area (Å²) in [5.41, 5.74) is 1.81. The van der Waals surface area contributed by atoms with Gasteiger partial charge in [-0.05, 0) is 49.6 Å². The second-order valence-electron chi connectivity index (χ2n) is 7.17. The lowest BCUT2D eigenvalue weighted by Gasteiger charge is -2.22. The molecule has 2 aromatic carbocycles. The van der Waals surface area contributed by atoms with Crippen LogP contribution in [0.1, 0.15) is 31.7 Å². The van der Waals surface area contributed by atoms with E-state index < -0.39 is 23.6 Å². The molecule has 31 heavy (non-hydrogen) atoms. The van der Waals surface area contributed by atoms with Crippen LogP contribution in [0.25, 0.3) is 22.2 Å². The molecule has 1 saturated heterocycles. The lowest BCUT2D eigenvalue weighted by Crippen LogP contribution is -2.42. The molecule has 1 aliphatic rings. The second-order valence-corrected chi connectivity index (χ2v) is 7.17. The first-order valence-corrected chi connectivity index (χ1v) is 10.0. The first-order chi connectivity index (χ1) is 15.0. The number of carbonyl (C=O) groups is 2. The molecule has 1 aliphatic heterocycles. The molecule has 0 spiro atoms. The van der Waals surface area contributed by atoms with E-state index in [1.807, 2.05) is 0 Å². The third-order valence-corrected chi connectivity index (χ3v) is 5.13. The summed E-state index contributed by atoms with van der Waals surface area (Å²) in [7, 11) is 0. The fourth-order valence-electron chi connectivity index (χ4n) is 3.71. The number of benzene rings is 2. The number of likely N-dealkylation sites (tertiary alicyclic amines) is 1. The smallest absolute Gasteiger partial charge is 0.325 e. The minimum absolute atomic E-state index is 0.212. The highest BCUT2D eigenvalue weighted by Crippen LogP contribution is 2.34. The number of hydrogen-bond acceptors (Lipinski definition) is 5. The number of esters is 1. The number of rotatable bonds is 5. The number of amides is 2. The summed E-state index contributed by atoms with van der Waals surface area (Å²) in [5, 5.41) is 2.55. The molecule has 2 amide bonds. The highest BCUT2D eigenvalue weighted by molar-refractivity contribution is 5.82. The normalized spacial score (nSPS) is 16.0. The Kier molecular flexibility index (Phi) is 5.83. The zero-order valence-electron chi connectivity index (χ0n) is 16.9. The lowest BCUT2D eigenvalue weighted by atomic mass is 10.0. The summed E-state index contributed by atoms with van der Waals surface area (Å²) in [4.78, 5) is 30.1. The molecule has 1 atom stereocenters. The third kappa shape index (κ3) is 4.35. The number of hydrogen-bond donors (Lipinski definition) is 1. The fraction of sp³-hybridized carbons (Fsp3) is 0.318. The Labute approximate surface area is 177 Å². The van der Waals surface area contributed by atoms with Crippen LogP contribution in [0.3, 0.4) is 0 Å². The highest BCUT2D eigenvalue weighted by Gasteiger charge is 2.33. The molecule has 7 nitrogen and oxygen atoms in total.